The fourth-order valence-corrected chi connectivity index (χ4v) is 4.80. The van der Waals surface area contributed by atoms with E-state index >= 15 is 0 Å². The lowest BCUT2D eigenvalue weighted by molar-refractivity contribution is -0.0593. The van der Waals surface area contributed by atoms with Gasteiger partial charge in [-0.1, -0.05) is 18.2 Å². The van der Waals surface area contributed by atoms with Gasteiger partial charge in [0, 0.05) is 5.69 Å². The van der Waals surface area contributed by atoms with E-state index in [1.165, 1.54) is 12.7 Å². The third-order valence-electron chi connectivity index (χ3n) is 4.64. The van der Waals surface area contributed by atoms with Crippen molar-refractivity contribution in [2.45, 2.75) is 24.5 Å². The maximum absolute atomic E-state index is 10.7. The molecule has 12 heteroatoms. The summed E-state index contributed by atoms with van der Waals surface area (Å²) < 4.78 is 18.0. The predicted octanol–water partition coefficient (Wildman–Crippen LogP) is 1.46. The molecule has 1 aromatic carbocycles. The average molecular weight is 421 g/mol. The van der Waals surface area contributed by atoms with Crippen molar-refractivity contribution < 1.29 is 23.8 Å². The normalized spacial score (nSPS) is 32.4. The summed E-state index contributed by atoms with van der Waals surface area (Å²) in [5.41, 5.74) is 1.88. The van der Waals surface area contributed by atoms with Gasteiger partial charge in [-0.2, -0.15) is 0 Å². The van der Waals surface area contributed by atoms with E-state index < -0.39 is 31.3 Å². The molecule has 5 atom stereocenters. The van der Waals surface area contributed by atoms with Gasteiger partial charge >= 0.3 is 6.72 Å². The summed E-state index contributed by atoms with van der Waals surface area (Å²) in [5, 5.41) is 13.9. The van der Waals surface area contributed by atoms with Gasteiger partial charge in [-0.05, 0) is 23.9 Å². The number of nitrogens with one attached hydrogen (secondary N) is 1. The number of aromatic nitrogens is 4. The van der Waals surface area contributed by atoms with E-state index in [1.54, 1.807) is 4.57 Å². The standard InChI is InChI=1S/C16H16N5O5PS/c22-12-13-10(6-24-27(23,28)26-13)25-16(12)21-8-19-11-14(17-7-18-15(11)21)20-9-4-2-1-3-5-9/h1-5,7-8,10,12-13,16,22H,6H2,(H,23,28)(H,17,18,20)/t10-,12-,13-,16-,27?/m1/s1. The summed E-state index contributed by atoms with van der Waals surface area (Å²) >= 11 is 4.87. The molecule has 1 unspecified atom stereocenters. The van der Waals surface area contributed by atoms with Crippen molar-refractivity contribution in [1.29, 1.82) is 0 Å². The first-order valence-electron chi connectivity index (χ1n) is 8.51. The van der Waals surface area contributed by atoms with Crippen molar-refractivity contribution in [2.24, 2.45) is 0 Å². The minimum Gasteiger partial charge on any atom is -0.386 e. The Labute approximate surface area is 164 Å². The Morgan fingerprint density at radius 3 is 2.86 bits per heavy atom. The Hall–Kier alpha value is -1.98. The first-order valence-corrected chi connectivity index (χ1v) is 11.1. The first kappa shape index (κ1) is 18.1. The van der Waals surface area contributed by atoms with Crippen LogP contribution in [0.15, 0.2) is 43.0 Å². The molecule has 2 aromatic heterocycles. The van der Waals surface area contributed by atoms with Gasteiger partial charge in [0.2, 0.25) is 0 Å². The van der Waals surface area contributed by atoms with Crippen LogP contribution in [0, 0.1) is 0 Å². The van der Waals surface area contributed by atoms with Crippen molar-refractivity contribution in [3.63, 3.8) is 0 Å². The van der Waals surface area contributed by atoms with Crippen molar-refractivity contribution in [1.82, 2.24) is 19.5 Å². The van der Waals surface area contributed by atoms with E-state index in [2.05, 4.69) is 20.3 Å². The highest BCUT2D eigenvalue weighted by Crippen LogP contribution is 2.52. The molecule has 0 radical (unpaired) electrons. The SMILES string of the molecule is O[C@@H]1[C@@H]2OP(O)(=S)OC[C@H]2O[C@H]1n1cnc2c(Nc3ccccc3)ncnc21. The van der Waals surface area contributed by atoms with E-state index in [0.717, 1.165) is 5.69 Å². The van der Waals surface area contributed by atoms with Crippen molar-refractivity contribution >= 4 is 41.2 Å². The number of aliphatic hydroxyl groups is 1. The van der Waals surface area contributed by atoms with E-state index in [0.29, 0.717) is 17.0 Å². The van der Waals surface area contributed by atoms with Gasteiger partial charge < -0.3 is 24.6 Å². The van der Waals surface area contributed by atoms with Crippen LogP contribution >= 0.6 is 6.72 Å². The van der Waals surface area contributed by atoms with Crippen LogP contribution in [0.2, 0.25) is 0 Å². The predicted molar refractivity (Wildman–Crippen MR) is 102 cm³/mol. The Balaban J connectivity index is 1.47. The molecule has 4 heterocycles. The topological polar surface area (TPSA) is 124 Å². The van der Waals surface area contributed by atoms with Gasteiger partial charge in [0.15, 0.2) is 23.2 Å². The molecule has 0 spiro atoms. The molecule has 0 amide bonds. The molecule has 2 aliphatic heterocycles. The maximum atomic E-state index is 10.7. The van der Waals surface area contributed by atoms with Gasteiger partial charge in [-0.15, -0.1) is 0 Å². The van der Waals surface area contributed by atoms with E-state index in [1.807, 2.05) is 30.3 Å². The second kappa shape index (κ2) is 6.82. The van der Waals surface area contributed by atoms with Crippen LogP contribution in [0.5, 0.6) is 0 Å². The molecule has 0 bridgehead atoms. The zero-order valence-electron chi connectivity index (χ0n) is 14.3. The number of nitrogens with zero attached hydrogens (tertiary/aromatic N) is 4. The smallest absolute Gasteiger partial charge is 0.325 e. The summed E-state index contributed by atoms with van der Waals surface area (Å²) in [7, 11) is 0. The number of anilines is 2. The first-order chi connectivity index (χ1) is 13.5. The van der Waals surface area contributed by atoms with Crippen LogP contribution in [0.3, 0.4) is 0 Å². The molecule has 3 N–H and O–H groups in total. The third-order valence-corrected chi connectivity index (χ3v) is 6.20. The summed E-state index contributed by atoms with van der Waals surface area (Å²) in [6.07, 6.45) is -0.276. The molecule has 146 valence electrons. The summed E-state index contributed by atoms with van der Waals surface area (Å²) in [6.45, 7) is -3.31. The molecular formula is C16H16N5O5PS. The number of para-hydroxylation sites is 1. The second-order valence-corrected chi connectivity index (χ2v) is 9.22. The fraction of sp³-hybridized carbons (Fsp3) is 0.312. The van der Waals surface area contributed by atoms with Crippen molar-refractivity contribution in [3.8, 4) is 0 Å². The molecule has 28 heavy (non-hydrogen) atoms. The molecule has 3 aromatic rings. The van der Waals surface area contributed by atoms with E-state index in [9.17, 15) is 10.00 Å². The summed E-state index contributed by atoms with van der Waals surface area (Å²) in [6, 6.07) is 9.57. The number of aliphatic hydroxyl groups excluding tert-OH is 1. The second-order valence-electron chi connectivity index (χ2n) is 6.43. The third kappa shape index (κ3) is 3.11. The number of hydrogen-bond acceptors (Lipinski definition) is 9. The van der Waals surface area contributed by atoms with Gasteiger partial charge in [-0.3, -0.25) is 9.09 Å². The lowest BCUT2D eigenvalue weighted by Gasteiger charge is -2.30. The number of rotatable bonds is 3. The molecule has 10 nitrogen and oxygen atoms in total. The molecule has 2 aliphatic rings. The zero-order valence-corrected chi connectivity index (χ0v) is 16.0. The Bertz CT molecular complexity index is 1070. The van der Waals surface area contributed by atoms with Crippen LogP contribution in [0.1, 0.15) is 6.23 Å². The number of imidazole rings is 1. The molecular weight excluding hydrogens is 405 g/mol. The van der Waals surface area contributed by atoms with Crippen LogP contribution in [0.25, 0.3) is 11.2 Å². The van der Waals surface area contributed by atoms with Crippen molar-refractivity contribution in [3.05, 3.63) is 43.0 Å². The monoisotopic (exact) mass is 421 g/mol. The van der Waals surface area contributed by atoms with E-state index in [-0.39, 0.29) is 6.61 Å². The minimum atomic E-state index is -3.36. The summed E-state index contributed by atoms with van der Waals surface area (Å²) in [4.78, 5) is 22.8. The van der Waals surface area contributed by atoms with Crippen LogP contribution < -0.4 is 5.32 Å². The number of ether oxygens (including phenoxy) is 1. The molecule has 2 saturated heterocycles. The van der Waals surface area contributed by atoms with Gasteiger partial charge in [0.05, 0.1) is 12.9 Å². The molecule has 0 aliphatic carbocycles. The average Bonchev–Trinajstić information content (AvgIpc) is 3.24. The van der Waals surface area contributed by atoms with Gasteiger partial charge in [-0.25, -0.2) is 15.0 Å². The Morgan fingerprint density at radius 1 is 1.21 bits per heavy atom. The zero-order chi connectivity index (χ0) is 19.3. The lowest BCUT2D eigenvalue weighted by atomic mass is 10.1. The fourth-order valence-electron chi connectivity index (χ4n) is 3.35. The molecule has 5 rings (SSSR count). The Morgan fingerprint density at radius 2 is 2.04 bits per heavy atom. The van der Waals surface area contributed by atoms with Crippen LogP contribution in [-0.2, 0) is 25.6 Å². The molecule has 0 saturated carbocycles. The van der Waals surface area contributed by atoms with Gasteiger partial charge in [0.25, 0.3) is 0 Å². The quantitative estimate of drug-likeness (QED) is 0.536. The maximum Gasteiger partial charge on any atom is 0.325 e. The highest BCUT2D eigenvalue weighted by atomic mass is 32.5. The highest BCUT2D eigenvalue weighted by molar-refractivity contribution is 8.07. The summed E-state index contributed by atoms with van der Waals surface area (Å²) in [5.74, 6) is 0.533. The minimum absolute atomic E-state index is 0.0500. The largest absolute Gasteiger partial charge is 0.386 e. The number of benzene rings is 1. The highest BCUT2D eigenvalue weighted by Gasteiger charge is 2.51. The van der Waals surface area contributed by atoms with Crippen LogP contribution in [-0.4, -0.2) is 54.4 Å². The molecule has 2 fully saturated rings. The van der Waals surface area contributed by atoms with E-state index in [4.69, 9.17) is 25.6 Å². The number of fused-ring (bicyclic) bond motifs is 2. The van der Waals surface area contributed by atoms with Crippen LogP contribution in [0.4, 0.5) is 11.5 Å². The Kier molecular flexibility index (Phi) is 4.40. The number of hydrogen-bond donors (Lipinski definition) is 3. The van der Waals surface area contributed by atoms with Crippen molar-refractivity contribution in [2.75, 3.05) is 11.9 Å². The lowest BCUT2D eigenvalue weighted by Crippen LogP contribution is -2.39. The van der Waals surface area contributed by atoms with Gasteiger partial charge in [0.1, 0.15) is 24.6 Å².